The van der Waals surface area contributed by atoms with Crippen molar-refractivity contribution in [3.05, 3.63) is 0 Å². The zero-order chi connectivity index (χ0) is 16.0. The Bertz CT molecular complexity index is 265. The molecule has 0 saturated heterocycles. The molecule has 0 aromatic heterocycles. The minimum atomic E-state index is -4.35. The Labute approximate surface area is 130 Å². The zero-order valence-corrected chi connectivity index (χ0v) is 14.8. The summed E-state index contributed by atoms with van der Waals surface area (Å²) in [6.07, 6.45) is 14.2. The lowest BCUT2D eigenvalue weighted by Crippen LogP contribution is -2.11. The number of rotatable bonds is 15. The van der Waals surface area contributed by atoms with E-state index in [1.54, 1.807) is 0 Å². The van der Waals surface area contributed by atoms with Crippen molar-refractivity contribution >= 4 is 7.82 Å². The van der Waals surface area contributed by atoms with Crippen LogP contribution in [-0.4, -0.2) is 15.9 Å². The van der Waals surface area contributed by atoms with Gasteiger partial charge in [-0.2, -0.15) is 0 Å². The number of phosphoric acid groups is 1. The number of hydrogen-bond donors (Lipinski definition) is 2. The zero-order valence-electron chi connectivity index (χ0n) is 13.9. The fourth-order valence-electron chi connectivity index (χ4n) is 2.57. The van der Waals surface area contributed by atoms with Crippen LogP contribution in [0, 0.1) is 0 Å². The second kappa shape index (κ2) is 13.8. The third kappa shape index (κ3) is 16.3. The maximum Gasteiger partial charge on any atom is 0.469 e. The molecule has 0 aromatic rings. The highest BCUT2D eigenvalue weighted by atomic mass is 31.2. The molecule has 0 heterocycles. The molecule has 0 amide bonds. The Morgan fingerprint density at radius 2 is 1.14 bits per heavy atom. The van der Waals surface area contributed by atoms with Gasteiger partial charge in [-0.15, -0.1) is 0 Å². The van der Waals surface area contributed by atoms with Crippen molar-refractivity contribution in [2.24, 2.45) is 0 Å². The molecule has 128 valence electrons. The second-order valence-corrected chi connectivity index (χ2v) is 7.17. The fourth-order valence-corrected chi connectivity index (χ4v) is 3.17. The summed E-state index contributed by atoms with van der Waals surface area (Å²) >= 11 is 0. The maximum atomic E-state index is 11.0. The topological polar surface area (TPSA) is 66.8 Å². The molecular formula is C16H35O4P. The van der Waals surface area contributed by atoms with Gasteiger partial charge in [-0.25, -0.2) is 4.57 Å². The van der Waals surface area contributed by atoms with Gasteiger partial charge < -0.3 is 9.79 Å². The molecule has 1 unspecified atom stereocenters. The summed E-state index contributed by atoms with van der Waals surface area (Å²) in [5.74, 6) is 0. The number of phosphoric ester groups is 1. The summed E-state index contributed by atoms with van der Waals surface area (Å²) in [4.78, 5) is 18.0. The van der Waals surface area contributed by atoms with Crippen LogP contribution in [0.15, 0.2) is 0 Å². The fraction of sp³-hybridized carbons (Fsp3) is 1.00. The lowest BCUT2D eigenvalue weighted by atomic mass is 10.0. The van der Waals surface area contributed by atoms with E-state index in [4.69, 9.17) is 14.3 Å². The van der Waals surface area contributed by atoms with Gasteiger partial charge in [0.25, 0.3) is 0 Å². The first-order valence-corrected chi connectivity index (χ1v) is 10.3. The normalized spacial score (nSPS) is 13.5. The molecular weight excluding hydrogens is 287 g/mol. The summed E-state index contributed by atoms with van der Waals surface area (Å²) in [5.41, 5.74) is 0. The monoisotopic (exact) mass is 322 g/mol. The van der Waals surface area contributed by atoms with Gasteiger partial charge >= 0.3 is 7.82 Å². The summed E-state index contributed by atoms with van der Waals surface area (Å²) < 4.78 is 16.0. The van der Waals surface area contributed by atoms with E-state index in [1.165, 1.54) is 44.9 Å². The van der Waals surface area contributed by atoms with Crippen LogP contribution in [0.5, 0.6) is 0 Å². The van der Waals surface area contributed by atoms with Crippen molar-refractivity contribution in [1.29, 1.82) is 0 Å². The molecule has 0 aliphatic carbocycles. The van der Waals surface area contributed by atoms with Crippen molar-refractivity contribution in [1.82, 2.24) is 0 Å². The molecule has 5 heteroatoms. The van der Waals surface area contributed by atoms with E-state index in [0.717, 1.165) is 38.5 Å². The van der Waals surface area contributed by atoms with Crippen LogP contribution < -0.4 is 0 Å². The molecule has 2 N–H and O–H groups in total. The van der Waals surface area contributed by atoms with Crippen molar-refractivity contribution < 1.29 is 18.9 Å². The molecule has 1 atom stereocenters. The van der Waals surface area contributed by atoms with Gasteiger partial charge in [0.05, 0.1) is 6.10 Å². The minimum absolute atomic E-state index is 0.279. The van der Waals surface area contributed by atoms with Gasteiger partial charge in [0, 0.05) is 0 Å². The van der Waals surface area contributed by atoms with E-state index < -0.39 is 7.82 Å². The number of unbranched alkanes of at least 4 members (excludes halogenated alkanes) is 9. The van der Waals surface area contributed by atoms with Crippen molar-refractivity contribution in [2.75, 3.05) is 0 Å². The Kier molecular flexibility index (Phi) is 13.8. The quantitative estimate of drug-likeness (QED) is 0.305. The maximum absolute atomic E-state index is 11.0. The first-order chi connectivity index (χ1) is 9.99. The van der Waals surface area contributed by atoms with Crippen LogP contribution in [0.1, 0.15) is 97.3 Å². The van der Waals surface area contributed by atoms with Gasteiger partial charge in [0.2, 0.25) is 0 Å². The molecule has 4 nitrogen and oxygen atoms in total. The molecule has 0 spiro atoms. The highest BCUT2D eigenvalue weighted by Gasteiger charge is 2.21. The minimum Gasteiger partial charge on any atom is -0.303 e. The van der Waals surface area contributed by atoms with E-state index in [1.807, 2.05) is 0 Å². The van der Waals surface area contributed by atoms with Crippen molar-refractivity contribution in [2.45, 2.75) is 103 Å². The average molecular weight is 322 g/mol. The molecule has 0 saturated carbocycles. The molecule has 0 fully saturated rings. The highest BCUT2D eigenvalue weighted by molar-refractivity contribution is 7.46. The Balaban J connectivity index is 3.84. The molecule has 0 aliphatic rings. The van der Waals surface area contributed by atoms with Crippen LogP contribution in [0.4, 0.5) is 0 Å². The van der Waals surface area contributed by atoms with Gasteiger partial charge in [0.1, 0.15) is 0 Å². The second-order valence-electron chi connectivity index (χ2n) is 5.98. The van der Waals surface area contributed by atoms with E-state index >= 15 is 0 Å². The largest absolute Gasteiger partial charge is 0.469 e. The third-order valence-corrected chi connectivity index (χ3v) is 4.37. The molecule has 21 heavy (non-hydrogen) atoms. The smallest absolute Gasteiger partial charge is 0.303 e. The summed E-state index contributed by atoms with van der Waals surface area (Å²) in [5, 5.41) is 0. The standard InChI is InChI=1S/C16H35O4P/c1-3-5-7-9-11-13-15-16(20-21(17,18)19)14-12-10-8-6-4-2/h16H,3-15H2,1-2H3,(H2,17,18,19). The Hall–Kier alpha value is 0.110. The summed E-state index contributed by atoms with van der Waals surface area (Å²) in [6, 6.07) is 0. The third-order valence-electron chi connectivity index (χ3n) is 3.80. The predicted molar refractivity (Wildman–Crippen MR) is 88.3 cm³/mol. The first-order valence-electron chi connectivity index (χ1n) is 8.73. The van der Waals surface area contributed by atoms with Gasteiger partial charge in [-0.3, -0.25) is 4.52 Å². The Morgan fingerprint density at radius 1 is 0.762 bits per heavy atom. The Morgan fingerprint density at radius 3 is 1.52 bits per heavy atom. The molecule has 0 aliphatic heterocycles. The van der Waals surface area contributed by atoms with Crippen LogP contribution in [0.2, 0.25) is 0 Å². The molecule has 0 radical (unpaired) electrons. The van der Waals surface area contributed by atoms with E-state index in [9.17, 15) is 4.57 Å². The molecule has 0 aromatic carbocycles. The SMILES string of the molecule is CCCCCCCCC(CCCCCCC)OP(=O)(O)O. The molecule has 0 rings (SSSR count). The summed E-state index contributed by atoms with van der Waals surface area (Å²) in [7, 11) is -4.35. The van der Waals surface area contributed by atoms with E-state index in [2.05, 4.69) is 13.8 Å². The molecule has 0 bridgehead atoms. The van der Waals surface area contributed by atoms with Gasteiger partial charge in [-0.05, 0) is 12.8 Å². The van der Waals surface area contributed by atoms with Gasteiger partial charge in [0.15, 0.2) is 0 Å². The highest BCUT2D eigenvalue weighted by Crippen LogP contribution is 2.39. The first kappa shape index (κ1) is 21.1. The van der Waals surface area contributed by atoms with E-state index in [-0.39, 0.29) is 6.10 Å². The van der Waals surface area contributed by atoms with Gasteiger partial charge in [-0.1, -0.05) is 84.5 Å². The lowest BCUT2D eigenvalue weighted by Gasteiger charge is -2.18. The summed E-state index contributed by atoms with van der Waals surface area (Å²) in [6.45, 7) is 4.38. The number of hydrogen-bond acceptors (Lipinski definition) is 2. The van der Waals surface area contributed by atoms with Crippen LogP contribution in [0.25, 0.3) is 0 Å². The van der Waals surface area contributed by atoms with E-state index in [0.29, 0.717) is 0 Å². The van der Waals surface area contributed by atoms with Crippen LogP contribution in [0.3, 0.4) is 0 Å². The van der Waals surface area contributed by atoms with Crippen molar-refractivity contribution in [3.8, 4) is 0 Å². The van der Waals surface area contributed by atoms with Crippen molar-refractivity contribution in [3.63, 3.8) is 0 Å². The average Bonchev–Trinajstić information content (AvgIpc) is 2.40. The predicted octanol–water partition coefficient (Wildman–Crippen LogP) is 5.58. The van der Waals surface area contributed by atoms with Crippen LogP contribution >= 0.6 is 7.82 Å². The lowest BCUT2D eigenvalue weighted by molar-refractivity contribution is 0.115. The van der Waals surface area contributed by atoms with Crippen LogP contribution in [-0.2, 0) is 9.09 Å².